The Labute approximate surface area is 151 Å². The number of anilines is 1. The van der Waals surface area contributed by atoms with E-state index in [1.165, 1.54) is 25.3 Å². The summed E-state index contributed by atoms with van der Waals surface area (Å²) in [6.45, 7) is 0.0353. The van der Waals surface area contributed by atoms with Gasteiger partial charge in [-0.15, -0.1) is 0 Å². The second-order valence-corrected chi connectivity index (χ2v) is 4.99. The number of benzene rings is 2. The van der Waals surface area contributed by atoms with Gasteiger partial charge in [-0.3, -0.25) is 4.79 Å². The van der Waals surface area contributed by atoms with Gasteiger partial charge in [0, 0.05) is 11.6 Å². The molecule has 2 aromatic carbocycles. The Bertz CT molecular complexity index is 863. The summed E-state index contributed by atoms with van der Waals surface area (Å²) >= 11 is 0. The number of para-hydroxylation sites is 1. The molecular weight excluding hydrogens is 334 g/mol. The van der Waals surface area contributed by atoms with E-state index in [4.69, 9.17) is 4.74 Å². The Kier molecular flexibility index (Phi) is 6.83. The molecular formula is C20H17NO5. The molecule has 2 rings (SSSR count). The molecule has 0 unspecified atom stereocenters. The van der Waals surface area contributed by atoms with Gasteiger partial charge >= 0.3 is 5.97 Å². The van der Waals surface area contributed by atoms with Gasteiger partial charge in [0.2, 0.25) is 0 Å². The number of amides is 1. The molecule has 0 spiro atoms. The van der Waals surface area contributed by atoms with E-state index in [0.717, 1.165) is 0 Å². The van der Waals surface area contributed by atoms with Gasteiger partial charge in [0.05, 0.1) is 18.4 Å². The molecule has 26 heavy (non-hydrogen) atoms. The third kappa shape index (κ3) is 5.42. The van der Waals surface area contributed by atoms with Gasteiger partial charge in [0.15, 0.2) is 6.61 Å². The van der Waals surface area contributed by atoms with Crippen LogP contribution in [0.2, 0.25) is 0 Å². The zero-order valence-corrected chi connectivity index (χ0v) is 14.1. The van der Waals surface area contributed by atoms with Crippen LogP contribution in [0.15, 0.2) is 60.7 Å². The summed E-state index contributed by atoms with van der Waals surface area (Å²) in [5.41, 5.74) is 0.892. The average Bonchev–Trinajstić information content (AvgIpc) is 2.65. The number of methoxy groups -OCH3 is 1. The van der Waals surface area contributed by atoms with Crippen molar-refractivity contribution in [1.82, 2.24) is 0 Å². The summed E-state index contributed by atoms with van der Waals surface area (Å²) in [6, 6.07) is 15.2. The molecule has 0 aliphatic heterocycles. The predicted molar refractivity (Wildman–Crippen MR) is 97.2 cm³/mol. The summed E-state index contributed by atoms with van der Waals surface area (Å²) in [5.74, 6) is 1.30. The Morgan fingerprint density at radius 1 is 1.12 bits per heavy atom. The number of carbonyl (C=O) groups is 2. The number of carboxylic acid groups (broad SMARTS) is 1. The van der Waals surface area contributed by atoms with Gasteiger partial charge in [-0.25, -0.2) is 4.79 Å². The number of carboxylic acids is 1. The van der Waals surface area contributed by atoms with Crippen molar-refractivity contribution in [3.05, 3.63) is 71.8 Å². The number of ether oxygens (including phenoxy) is 2. The SMILES string of the molecule is COC#CCO/C(=C/C(=O)Nc1ccccc1C(=O)O)c1ccccc1. The van der Waals surface area contributed by atoms with Crippen molar-refractivity contribution in [2.24, 2.45) is 0 Å². The summed E-state index contributed by atoms with van der Waals surface area (Å²) in [6.07, 6.45) is 3.65. The van der Waals surface area contributed by atoms with Crippen LogP contribution in [0.1, 0.15) is 15.9 Å². The van der Waals surface area contributed by atoms with Gasteiger partial charge in [-0.05, 0) is 18.1 Å². The minimum Gasteiger partial charge on any atom is -0.480 e. The molecule has 0 aliphatic rings. The van der Waals surface area contributed by atoms with Crippen LogP contribution in [0.25, 0.3) is 5.76 Å². The highest BCUT2D eigenvalue weighted by molar-refractivity contribution is 6.06. The average molecular weight is 351 g/mol. The Morgan fingerprint density at radius 2 is 1.81 bits per heavy atom. The minimum atomic E-state index is -1.13. The van der Waals surface area contributed by atoms with E-state index in [0.29, 0.717) is 11.3 Å². The van der Waals surface area contributed by atoms with Crippen molar-refractivity contribution in [2.75, 3.05) is 19.0 Å². The third-order valence-electron chi connectivity index (χ3n) is 3.21. The van der Waals surface area contributed by atoms with Crippen molar-refractivity contribution in [1.29, 1.82) is 0 Å². The molecule has 6 nitrogen and oxygen atoms in total. The maximum Gasteiger partial charge on any atom is 0.337 e. The van der Waals surface area contributed by atoms with E-state index < -0.39 is 11.9 Å². The molecule has 132 valence electrons. The number of carbonyl (C=O) groups excluding carboxylic acids is 1. The van der Waals surface area contributed by atoms with Crippen molar-refractivity contribution in [3.8, 4) is 12.0 Å². The number of rotatable bonds is 6. The molecule has 2 N–H and O–H groups in total. The lowest BCUT2D eigenvalue weighted by atomic mass is 10.1. The molecule has 1 amide bonds. The zero-order chi connectivity index (χ0) is 18.8. The van der Waals surface area contributed by atoms with E-state index in [1.54, 1.807) is 24.3 Å². The second-order valence-electron chi connectivity index (χ2n) is 4.99. The molecule has 0 aromatic heterocycles. The zero-order valence-electron chi connectivity index (χ0n) is 14.1. The number of aromatic carboxylic acids is 1. The number of nitrogens with one attached hydrogen (secondary N) is 1. The van der Waals surface area contributed by atoms with Crippen LogP contribution in [-0.4, -0.2) is 30.7 Å². The Morgan fingerprint density at radius 3 is 2.50 bits per heavy atom. The van der Waals surface area contributed by atoms with E-state index in [-0.39, 0.29) is 17.9 Å². The topological polar surface area (TPSA) is 84.9 Å². The standard InChI is InChI=1S/C20H17NO5/c1-25-12-7-13-26-18(15-8-3-2-4-9-15)14-19(22)21-17-11-6-5-10-16(17)20(23)24/h2-6,8-11,14H,13H2,1H3,(H,21,22)(H,23,24)/b18-14+. The molecule has 6 heteroatoms. The second kappa shape index (κ2) is 9.55. The first-order valence-corrected chi connectivity index (χ1v) is 7.66. The van der Waals surface area contributed by atoms with Crippen LogP contribution < -0.4 is 5.32 Å². The minimum absolute atomic E-state index is 0.00221. The fourth-order valence-electron chi connectivity index (χ4n) is 2.09. The largest absolute Gasteiger partial charge is 0.480 e. The van der Waals surface area contributed by atoms with Crippen molar-refractivity contribution in [2.45, 2.75) is 0 Å². The van der Waals surface area contributed by atoms with Gasteiger partial charge in [0.1, 0.15) is 11.9 Å². The molecule has 0 saturated carbocycles. The molecule has 2 aromatic rings. The van der Waals surface area contributed by atoms with Crippen molar-refractivity contribution < 1.29 is 24.2 Å². The van der Waals surface area contributed by atoms with Crippen LogP contribution in [0.3, 0.4) is 0 Å². The summed E-state index contributed by atoms with van der Waals surface area (Å²) in [7, 11) is 1.44. The lowest BCUT2D eigenvalue weighted by Crippen LogP contribution is -2.13. The molecule has 0 atom stereocenters. The molecule has 0 aliphatic carbocycles. The molecule has 0 heterocycles. The quantitative estimate of drug-likeness (QED) is 0.475. The summed E-state index contributed by atoms with van der Waals surface area (Å²) < 4.78 is 10.2. The highest BCUT2D eigenvalue weighted by Crippen LogP contribution is 2.18. The van der Waals surface area contributed by atoms with Gasteiger partial charge in [-0.1, -0.05) is 42.5 Å². The number of hydrogen-bond acceptors (Lipinski definition) is 4. The maximum atomic E-state index is 12.3. The van der Waals surface area contributed by atoms with Crippen LogP contribution in [-0.2, 0) is 14.3 Å². The van der Waals surface area contributed by atoms with Crippen LogP contribution in [0, 0.1) is 12.0 Å². The first-order valence-electron chi connectivity index (χ1n) is 7.66. The smallest absolute Gasteiger partial charge is 0.337 e. The van der Waals surface area contributed by atoms with E-state index >= 15 is 0 Å². The monoisotopic (exact) mass is 351 g/mol. The maximum absolute atomic E-state index is 12.3. The van der Waals surface area contributed by atoms with Crippen molar-refractivity contribution in [3.63, 3.8) is 0 Å². The van der Waals surface area contributed by atoms with Crippen LogP contribution in [0.5, 0.6) is 0 Å². The first-order chi connectivity index (χ1) is 12.6. The van der Waals surface area contributed by atoms with Gasteiger partial charge < -0.3 is 19.9 Å². The lowest BCUT2D eigenvalue weighted by molar-refractivity contribution is -0.111. The van der Waals surface area contributed by atoms with Gasteiger partial charge in [0.25, 0.3) is 5.91 Å². The van der Waals surface area contributed by atoms with Crippen molar-refractivity contribution >= 4 is 23.3 Å². The highest BCUT2D eigenvalue weighted by atomic mass is 16.5. The fraction of sp³-hybridized carbons (Fsp3) is 0.100. The fourth-order valence-corrected chi connectivity index (χ4v) is 2.09. The molecule has 0 radical (unpaired) electrons. The lowest BCUT2D eigenvalue weighted by Gasteiger charge is -2.10. The van der Waals surface area contributed by atoms with Crippen LogP contribution >= 0.6 is 0 Å². The van der Waals surface area contributed by atoms with Crippen LogP contribution in [0.4, 0.5) is 5.69 Å². The first kappa shape index (κ1) is 18.6. The molecule has 0 saturated heterocycles. The summed E-state index contributed by atoms with van der Waals surface area (Å²) in [4.78, 5) is 23.6. The molecule has 0 fully saturated rings. The van der Waals surface area contributed by atoms with Gasteiger partial charge in [-0.2, -0.15) is 0 Å². The summed E-state index contributed by atoms with van der Waals surface area (Å²) in [5, 5.41) is 11.7. The normalized spacial score (nSPS) is 10.3. The van der Waals surface area contributed by atoms with E-state index in [1.807, 2.05) is 18.2 Å². The Balaban J connectivity index is 2.22. The Hall–Kier alpha value is -3.72. The highest BCUT2D eigenvalue weighted by Gasteiger charge is 2.12. The van der Waals surface area contributed by atoms with E-state index in [9.17, 15) is 14.7 Å². The van der Waals surface area contributed by atoms with E-state index in [2.05, 4.69) is 22.1 Å². The third-order valence-corrected chi connectivity index (χ3v) is 3.21. The molecule has 0 bridgehead atoms. The predicted octanol–water partition coefficient (Wildman–Crippen LogP) is 2.99. The number of hydrogen-bond donors (Lipinski definition) is 2.